The Morgan fingerprint density at radius 1 is 1.50 bits per heavy atom. The van der Waals surface area contributed by atoms with Crippen LogP contribution in [0.25, 0.3) is 0 Å². The van der Waals surface area contributed by atoms with Crippen LogP contribution in [0.15, 0.2) is 17.3 Å². The second-order valence-electron chi connectivity index (χ2n) is 5.01. The van der Waals surface area contributed by atoms with Crippen LogP contribution in [0.1, 0.15) is 27.2 Å². The van der Waals surface area contributed by atoms with Crippen molar-refractivity contribution in [3.63, 3.8) is 0 Å². The van der Waals surface area contributed by atoms with E-state index in [0.29, 0.717) is 6.54 Å². The van der Waals surface area contributed by atoms with Gasteiger partial charge < -0.3 is 5.11 Å². The highest BCUT2D eigenvalue weighted by Crippen LogP contribution is 2.19. The molecule has 18 heavy (non-hydrogen) atoms. The minimum atomic E-state index is -3.52. The summed E-state index contributed by atoms with van der Waals surface area (Å²) in [5.74, 6) is 0. The van der Waals surface area contributed by atoms with Crippen molar-refractivity contribution in [2.45, 2.75) is 38.6 Å². The quantitative estimate of drug-likeness (QED) is 0.763. The lowest BCUT2D eigenvalue weighted by Gasteiger charge is -2.22. The zero-order chi connectivity index (χ0) is 13.8. The van der Waals surface area contributed by atoms with Crippen molar-refractivity contribution in [1.29, 1.82) is 0 Å². The molecule has 0 aromatic carbocycles. The van der Waals surface area contributed by atoms with Crippen LogP contribution in [0, 0.1) is 5.41 Å². The summed E-state index contributed by atoms with van der Waals surface area (Å²) in [5, 5.41) is 12.6. The number of aromatic nitrogens is 2. The summed E-state index contributed by atoms with van der Waals surface area (Å²) in [6.07, 6.45) is 3.59. The molecule has 1 heterocycles. The molecular formula is C11H21N3O3S. The zero-order valence-electron chi connectivity index (χ0n) is 11.0. The van der Waals surface area contributed by atoms with Crippen LogP contribution >= 0.6 is 0 Å². The number of hydrogen-bond donors (Lipinski definition) is 2. The van der Waals surface area contributed by atoms with Crippen LogP contribution in [0.3, 0.4) is 0 Å². The number of sulfonamides is 1. The molecule has 0 aliphatic rings. The summed E-state index contributed by atoms with van der Waals surface area (Å²) in [6, 6.07) is 0. The van der Waals surface area contributed by atoms with Crippen LogP contribution in [0.5, 0.6) is 0 Å². The molecule has 0 fully saturated rings. The largest absolute Gasteiger partial charge is 0.394 e. The summed E-state index contributed by atoms with van der Waals surface area (Å²) in [4.78, 5) is 0.128. The molecule has 0 atom stereocenters. The molecule has 0 radical (unpaired) electrons. The second-order valence-corrected chi connectivity index (χ2v) is 6.77. The highest BCUT2D eigenvalue weighted by molar-refractivity contribution is 7.89. The first-order valence-electron chi connectivity index (χ1n) is 5.94. The summed E-state index contributed by atoms with van der Waals surface area (Å²) in [7, 11) is -3.52. The fourth-order valence-corrected chi connectivity index (χ4v) is 2.40. The molecule has 0 saturated carbocycles. The second kappa shape index (κ2) is 5.81. The van der Waals surface area contributed by atoms with Gasteiger partial charge in [0.25, 0.3) is 0 Å². The Kier molecular flexibility index (Phi) is 4.89. The third-order valence-corrected chi connectivity index (χ3v) is 4.30. The Balaban J connectivity index is 2.74. The topological polar surface area (TPSA) is 84.2 Å². The van der Waals surface area contributed by atoms with Gasteiger partial charge in [-0.05, 0) is 11.8 Å². The van der Waals surface area contributed by atoms with Crippen molar-refractivity contribution < 1.29 is 13.5 Å². The van der Waals surface area contributed by atoms with Gasteiger partial charge in [0.05, 0.1) is 19.3 Å². The Morgan fingerprint density at radius 2 is 2.17 bits per heavy atom. The molecule has 1 rings (SSSR count). The smallest absolute Gasteiger partial charge is 0.243 e. The Bertz CT molecular complexity index is 479. The van der Waals surface area contributed by atoms with E-state index in [1.165, 1.54) is 17.1 Å². The molecule has 1 aromatic rings. The summed E-state index contributed by atoms with van der Waals surface area (Å²) in [5.41, 5.74) is -0.0752. The molecule has 0 bridgehead atoms. The maximum absolute atomic E-state index is 12.0. The van der Waals surface area contributed by atoms with E-state index in [1.54, 1.807) is 0 Å². The Labute approximate surface area is 108 Å². The molecule has 6 nitrogen and oxygen atoms in total. The van der Waals surface area contributed by atoms with Gasteiger partial charge in [0.2, 0.25) is 10.0 Å². The van der Waals surface area contributed by atoms with Gasteiger partial charge in [-0.15, -0.1) is 0 Å². The maximum atomic E-state index is 12.0. The van der Waals surface area contributed by atoms with E-state index >= 15 is 0 Å². The molecule has 0 spiro atoms. The minimum Gasteiger partial charge on any atom is -0.394 e. The molecule has 7 heteroatoms. The van der Waals surface area contributed by atoms with Gasteiger partial charge in [-0.1, -0.05) is 20.8 Å². The van der Waals surface area contributed by atoms with E-state index in [0.717, 1.165) is 6.42 Å². The minimum absolute atomic E-state index is 0.0720. The highest BCUT2D eigenvalue weighted by atomic mass is 32.2. The average molecular weight is 275 g/mol. The van der Waals surface area contributed by atoms with Crippen LogP contribution in [0.4, 0.5) is 0 Å². The molecular weight excluding hydrogens is 254 g/mol. The molecule has 1 aromatic heterocycles. The van der Waals surface area contributed by atoms with Gasteiger partial charge >= 0.3 is 0 Å². The van der Waals surface area contributed by atoms with E-state index in [9.17, 15) is 8.42 Å². The number of nitrogens with one attached hydrogen (secondary N) is 1. The maximum Gasteiger partial charge on any atom is 0.243 e. The number of aliphatic hydroxyl groups excluding tert-OH is 1. The zero-order valence-corrected chi connectivity index (χ0v) is 11.9. The SMILES string of the molecule is CCC(C)(C)CNS(=O)(=O)c1cnn(CCO)c1. The van der Waals surface area contributed by atoms with E-state index in [1.807, 2.05) is 20.8 Å². The molecule has 0 amide bonds. The van der Waals surface area contributed by atoms with Crippen LogP contribution < -0.4 is 4.72 Å². The van der Waals surface area contributed by atoms with Gasteiger partial charge in [0.15, 0.2) is 0 Å². The van der Waals surface area contributed by atoms with Gasteiger partial charge in [-0.2, -0.15) is 5.10 Å². The highest BCUT2D eigenvalue weighted by Gasteiger charge is 2.21. The molecule has 0 aliphatic heterocycles. The van der Waals surface area contributed by atoms with Crippen molar-refractivity contribution in [3.05, 3.63) is 12.4 Å². The Hall–Kier alpha value is -0.920. The van der Waals surface area contributed by atoms with Crippen molar-refractivity contribution >= 4 is 10.0 Å². The summed E-state index contributed by atoms with van der Waals surface area (Å²) in [6.45, 7) is 6.63. The summed E-state index contributed by atoms with van der Waals surface area (Å²) < 4.78 is 28.0. The Morgan fingerprint density at radius 3 is 2.72 bits per heavy atom. The summed E-state index contributed by atoms with van der Waals surface area (Å²) >= 11 is 0. The van der Waals surface area contributed by atoms with Gasteiger partial charge in [-0.25, -0.2) is 13.1 Å². The number of nitrogens with zero attached hydrogens (tertiary/aromatic N) is 2. The monoisotopic (exact) mass is 275 g/mol. The lowest BCUT2D eigenvalue weighted by Crippen LogP contribution is -2.33. The van der Waals surface area contributed by atoms with Crippen LogP contribution in [0.2, 0.25) is 0 Å². The fourth-order valence-electron chi connectivity index (χ4n) is 1.21. The predicted octanol–water partition coefficient (Wildman–Crippen LogP) is 0.590. The van der Waals surface area contributed by atoms with Gasteiger partial charge in [0.1, 0.15) is 4.90 Å². The first-order chi connectivity index (χ1) is 8.30. The third-order valence-electron chi connectivity index (χ3n) is 2.95. The van der Waals surface area contributed by atoms with Gasteiger partial charge in [-0.3, -0.25) is 4.68 Å². The van der Waals surface area contributed by atoms with E-state index in [-0.39, 0.29) is 23.5 Å². The molecule has 2 N–H and O–H groups in total. The first kappa shape index (κ1) is 15.1. The van der Waals surface area contributed by atoms with Gasteiger partial charge in [0, 0.05) is 12.7 Å². The molecule has 104 valence electrons. The van der Waals surface area contributed by atoms with Crippen molar-refractivity contribution in [3.8, 4) is 0 Å². The van der Waals surface area contributed by atoms with Crippen LogP contribution in [-0.2, 0) is 16.6 Å². The molecule has 0 aliphatic carbocycles. The fraction of sp³-hybridized carbons (Fsp3) is 0.727. The molecule has 0 saturated heterocycles. The first-order valence-corrected chi connectivity index (χ1v) is 7.42. The van der Waals surface area contributed by atoms with E-state index < -0.39 is 10.0 Å². The molecule has 0 unspecified atom stereocenters. The number of hydrogen-bond acceptors (Lipinski definition) is 4. The lowest BCUT2D eigenvalue weighted by atomic mass is 9.91. The number of rotatable bonds is 7. The van der Waals surface area contributed by atoms with E-state index in [4.69, 9.17) is 5.11 Å². The van der Waals surface area contributed by atoms with Crippen molar-refractivity contribution in [1.82, 2.24) is 14.5 Å². The van der Waals surface area contributed by atoms with Crippen molar-refractivity contribution in [2.75, 3.05) is 13.2 Å². The van der Waals surface area contributed by atoms with Crippen molar-refractivity contribution in [2.24, 2.45) is 5.41 Å². The van der Waals surface area contributed by atoms with E-state index in [2.05, 4.69) is 9.82 Å². The average Bonchev–Trinajstić information content (AvgIpc) is 2.77. The lowest BCUT2D eigenvalue weighted by molar-refractivity contribution is 0.269. The predicted molar refractivity (Wildman–Crippen MR) is 68.6 cm³/mol. The number of aliphatic hydroxyl groups is 1. The standard InChI is InChI=1S/C11H21N3O3S/c1-4-11(2,3)9-13-18(16,17)10-7-12-14(8-10)5-6-15/h7-8,13,15H,4-6,9H2,1-3H3. The normalized spacial score (nSPS) is 12.9. The van der Waals surface area contributed by atoms with Crippen LogP contribution in [-0.4, -0.2) is 36.5 Å². The third kappa shape index (κ3) is 4.08.